The minimum atomic E-state index is -0.123. The van der Waals surface area contributed by atoms with E-state index in [-0.39, 0.29) is 12.0 Å². The van der Waals surface area contributed by atoms with Crippen LogP contribution in [-0.2, 0) is 6.54 Å². The van der Waals surface area contributed by atoms with Crippen molar-refractivity contribution in [3.8, 4) is 0 Å². The number of aliphatic hydroxyl groups excluding tert-OH is 1. The molecule has 0 aliphatic heterocycles. The van der Waals surface area contributed by atoms with Gasteiger partial charge in [-0.25, -0.2) is 0 Å². The zero-order valence-electron chi connectivity index (χ0n) is 11.5. The fourth-order valence-corrected chi connectivity index (χ4v) is 1.71. The minimum absolute atomic E-state index is 0.123. The van der Waals surface area contributed by atoms with Gasteiger partial charge in [0.25, 0.3) is 0 Å². The van der Waals surface area contributed by atoms with E-state index in [1.807, 2.05) is 49.1 Å². The molecule has 102 valence electrons. The Morgan fingerprint density at radius 1 is 1.26 bits per heavy atom. The number of rotatable bonds is 6. The van der Waals surface area contributed by atoms with Gasteiger partial charge >= 0.3 is 0 Å². The largest absolute Gasteiger partial charge is 0.396 e. The number of aliphatic hydroxyl groups is 1. The van der Waals surface area contributed by atoms with Crippen molar-refractivity contribution in [2.45, 2.75) is 20.4 Å². The van der Waals surface area contributed by atoms with Crippen LogP contribution in [0.15, 0.2) is 42.7 Å². The molecule has 2 N–H and O–H groups in total. The Labute approximate surface area is 114 Å². The van der Waals surface area contributed by atoms with Crippen LogP contribution in [0.4, 0.5) is 5.69 Å². The van der Waals surface area contributed by atoms with Gasteiger partial charge < -0.3 is 10.4 Å². The minimum Gasteiger partial charge on any atom is -0.396 e. The second-order valence-electron chi connectivity index (χ2n) is 5.59. The molecular formula is C15H21N3O. The molecule has 0 aliphatic rings. The van der Waals surface area contributed by atoms with Crippen molar-refractivity contribution < 1.29 is 5.11 Å². The van der Waals surface area contributed by atoms with Crippen LogP contribution in [0.2, 0.25) is 0 Å². The van der Waals surface area contributed by atoms with Crippen LogP contribution in [-0.4, -0.2) is 28.0 Å². The summed E-state index contributed by atoms with van der Waals surface area (Å²) in [6, 6.07) is 10.2. The van der Waals surface area contributed by atoms with E-state index < -0.39 is 0 Å². The molecule has 0 aliphatic carbocycles. The molecule has 2 rings (SSSR count). The summed E-state index contributed by atoms with van der Waals surface area (Å²) in [5, 5.41) is 16.8. The molecule has 0 atom stereocenters. The highest BCUT2D eigenvalue weighted by molar-refractivity contribution is 5.38. The summed E-state index contributed by atoms with van der Waals surface area (Å²) in [6.45, 7) is 5.70. The fraction of sp³-hybridized carbons (Fsp3) is 0.400. The summed E-state index contributed by atoms with van der Waals surface area (Å²) in [5.74, 6) is 0. The molecule has 0 fully saturated rings. The normalized spacial score (nSPS) is 11.5. The van der Waals surface area contributed by atoms with Crippen molar-refractivity contribution in [2.24, 2.45) is 5.41 Å². The summed E-state index contributed by atoms with van der Waals surface area (Å²) in [7, 11) is 0. The Bertz CT molecular complexity index is 505. The standard InChI is InChI=1S/C15H21N3O/c1-15(2,12-19)11-16-14-8-17-18(10-14)9-13-6-4-3-5-7-13/h3-8,10,16,19H,9,11-12H2,1-2H3. The number of hydrogen-bond acceptors (Lipinski definition) is 3. The lowest BCUT2D eigenvalue weighted by molar-refractivity contribution is 0.171. The zero-order chi connectivity index (χ0) is 13.7. The second-order valence-corrected chi connectivity index (χ2v) is 5.59. The first-order valence-electron chi connectivity index (χ1n) is 6.50. The molecule has 4 nitrogen and oxygen atoms in total. The summed E-state index contributed by atoms with van der Waals surface area (Å²) in [6.07, 6.45) is 3.80. The van der Waals surface area contributed by atoms with Crippen LogP contribution in [0.3, 0.4) is 0 Å². The van der Waals surface area contributed by atoms with E-state index in [0.29, 0.717) is 0 Å². The van der Waals surface area contributed by atoms with Crippen molar-refractivity contribution in [2.75, 3.05) is 18.5 Å². The van der Waals surface area contributed by atoms with Crippen LogP contribution >= 0.6 is 0 Å². The molecule has 4 heteroatoms. The fourth-order valence-electron chi connectivity index (χ4n) is 1.71. The zero-order valence-corrected chi connectivity index (χ0v) is 11.5. The quantitative estimate of drug-likeness (QED) is 0.837. The molecule has 0 bridgehead atoms. The molecule has 0 saturated carbocycles. The van der Waals surface area contributed by atoms with Crippen molar-refractivity contribution in [3.05, 3.63) is 48.3 Å². The van der Waals surface area contributed by atoms with Crippen molar-refractivity contribution in [1.29, 1.82) is 0 Å². The summed E-state index contributed by atoms with van der Waals surface area (Å²) in [5.41, 5.74) is 2.09. The first kappa shape index (κ1) is 13.6. The van der Waals surface area contributed by atoms with E-state index >= 15 is 0 Å². The Morgan fingerprint density at radius 2 is 2.00 bits per heavy atom. The molecule has 1 aromatic heterocycles. The van der Waals surface area contributed by atoms with Gasteiger partial charge in [-0.3, -0.25) is 4.68 Å². The molecule has 19 heavy (non-hydrogen) atoms. The van der Waals surface area contributed by atoms with Crippen LogP contribution < -0.4 is 5.32 Å². The maximum atomic E-state index is 9.21. The Balaban J connectivity index is 1.92. The van der Waals surface area contributed by atoms with Gasteiger partial charge in [-0.2, -0.15) is 5.10 Å². The average Bonchev–Trinajstić information content (AvgIpc) is 2.86. The molecular weight excluding hydrogens is 238 g/mol. The van der Waals surface area contributed by atoms with E-state index in [9.17, 15) is 5.11 Å². The predicted octanol–water partition coefficient (Wildman–Crippen LogP) is 2.36. The third kappa shape index (κ3) is 4.10. The van der Waals surface area contributed by atoms with Crippen LogP contribution in [0.25, 0.3) is 0 Å². The molecule has 1 aromatic carbocycles. The van der Waals surface area contributed by atoms with E-state index in [1.165, 1.54) is 5.56 Å². The van der Waals surface area contributed by atoms with Gasteiger partial charge in [-0.1, -0.05) is 44.2 Å². The number of nitrogens with one attached hydrogen (secondary N) is 1. The summed E-state index contributed by atoms with van der Waals surface area (Å²) >= 11 is 0. The molecule has 0 unspecified atom stereocenters. The van der Waals surface area contributed by atoms with Gasteiger partial charge in [0.05, 0.1) is 18.4 Å². The number of anilines is 1. The number of hydrogen-bond donors (Lipinski definition) is 2. The lowest BCUT2D eigenvalue weighted by Crippen LogP contribution is -2.26. The van der Waals surface area contributed by atoms with Gasteiger partial charge in [0.2, 0.25) is 0 Å². The van der Waals surface area contributed by atoms with Crippen molar-refractivity contribution >= 4 is 5.69 Å². The van der Waals surface area contributed by atoms with E-state index in [1.54, 1.807) is 0 Å². The molecule has 0 spiro atoms. The first-order valence-corrected chi connectivity index (χ1v) is 6.50. The first-order chi connectivity index (χ1) is 9.09. The van der Waals surface area contributed by atoms with Gasteiger partial charge in [0.15, 0.2) is 0 Å². The van der Waals surface area contributed by atoms with Gasteiger partial charge in [0, 0.05) is 24.8 Å². The lowest BCUT2D eigenvalue weighted by Gasteiger charge is -2.21. The van der Waals surface area contributed by atoms with Crippen LogP contribution in [0, 0.1) is 5.41 Å². The Hall–Kier alpha value is -1.81. The van der Waals surface area contributed by atoms with Crippen LogP contribution in [0.1, 0.15) is 19.4 Å². The summed E-state index contributed by atoms with van der Waals surface area (Å²) < 4.78 is 1.91. The molecule has 2 aromatic rings. The predicted molar refractivity (Wildman–Crippen MR) is 77.1 cm³/mol. The summed E-state index contributed by atoms with van der Waals surface area (Å²) in [4.78, 5) is 0. The van der Waals surface area contributed by atoms with Gasteiger partial charge in [-0.15, -0.1) is 0 Å². The van der Waals surface area contributed by atoms with E-state index in [0.717, 1.165) is 18.8 Å². The smallest absolute Gasteiger partial charge is 0.0726 e. The molecule has 1 heterocycles. The maximum Gasteiger partial charge on any atom is 0.0726 e. The topological polar surface area (TPSA) is 50.1 Å². The Morgan fingerprint density at radius 3 is 2.68 bits per heavy atom. The number of benzene rings is 1. The maximum absolute atomic E-state index is 9.21. The Kier molecular flexibility index (Phi) is 4.22. The molecule has 0 amide bonds. The second kappa shape index (κ2) is 5.89. The number of aromatic nitrogens is 2. The monoisotopic (exact) mass is 259 g/mol. The van der Waals surface area contributed by atoms with E-state index in [4.69, 9.17) is 0 Å². The third-order valence-corrected chi connectivity index (χ3v) is 3.02. The lowest BCUT2D eigenvalue weighted by atomic mass is 9.95. The number of nitrogens with zero attached hydrogens (tertiary/aromatic N) is 2. The van der Waals surface area contributed by atoms with E-state index in [2.05, 4.69) is 22.5 Å². The van der Waals surface area contributed by atoms with Crippen LogP contribution in [0.5, 0.6) is 0 Å². The highest BCUT2D eigenvalue weighted by Gasteiger charge is 2.16. The van der Waals surface area contributed by atoms with Crippen molar-refractivity contribution in [3.63, 3.8) is 0 Å². The highest BCUT2D eigenvalue weighted by atomic mass is 16.3. The van der Waals surface area contributed by atoms with Gasteiger partial charge in [0.1, 0.15) is 0 Å². The molecule has 0 saturated heterocycles. The SMILES string of the molecule is CC(C)(CO)CNc1cnn(Cc2ccccc2)c1. The highest BCUT2D eigenvalue weighted by Crippen LogP contribution is 2.15. The van der Waals surface area contributed by atoms with Gasteiger partial charge in [-0.05, 0) is 5.56 Å². The molecule has 0 radical (unpaired) electrons. The van der Waals surface area contributed by atoms with Crippen molar-refractivity contribution in [1.82, 2.24) is 9.78 Å². The average molecular weight is 259 g/mol. The third-order valence-electron chi connectivity index (χ3n) is 3.02.